The molecule has 1 aromatic heterocycles. The number of pyridine rings is 1. The summed E-state index contributed by atoms with van der Waals surface area (Å²) in [6.07, 6.45) is -10.4. The van der Waals surface area contributed by atoms with Crippen LogP contribution in [0.2, 0.25) is 0 Å². The molecular weight excluding hydrogens is 286 g/mol. The summed E-state index contributed by atoms with van der Waals surface area (Å²) in [6, 6.07) is 0. The zero-order chi connectivity index (χ0) is 15.0. The summed E-state index contributed by atoms with van der Waals surface area (Å²) < 4.78 is 76.6. The van der Waals surface area contributed by atoms with Gasteiger partial charge >= 0.3 is 18.5 Å². The number of aromatic nitrogens is 1. The van der Waals surface area contributed by atoms with Crippen molar-refractivity contribution in [3.05, 3.63) is 17.5 Å². The summed E-state index contributed by atoms with van der Waals surface area (Å²) in [6.45, 7) is 0. The highest BCUT2D eigenvalue weighted by Gasteiger charge is 2.42. The van der Waals surface area contributed by atoms with Crippen LogP contribution in [0.1, 0.15) is 16.1 Å². The van der Waals surface area contributed by atoms with Gasteiger partial charge in [0.25, 0.3) is 0 Å². The molecule has 0 spiro atoms. The Balaban J connectivity index is 3.56. The number of halogens is 6. The van der Waals surface area contributed by atoms with Crippen LogP contribution in [-0.2, 0) is 6.18 Å². The second-order valence-electron chi connectivity index (χ2n) is 3.12. The van der Waals surface area contributed by atoms with Gasteiger partial charge in [0.1, 0.15) is 5.56 Å². The van der Waals surface area contributed by atoms with Crippen molar-refractivity contribution in [2.24, 2.45) is 0 Å². The average Bonchev–Trinajstić information content (AvgIpc) is 2.16. The Hall–Kier alpha value is -2.20. The van der Waals surface area contributed by atoms with Gasteiger partial charge in [0.05, 0.1) is 11.9 Å². The minimum atomic E-state index is -5.40. The van der Waals surface area contributed by atoms with Crippen molar-refractivity contribution in [1.82, 2.24) is 4.98 Å². The summed E-state index contributed by atoms with van der Waals surface area (Å²) in [5.74, 6) is -3.95. The average molecular weight is 290 g/mol. The molecule has 3 N–H and O–H groups in total. The third kappa shape index (κ3) is 3.39. The summed E-state index contributed by atoms with van der Waals surface area (Å²) in [5, 5.41) is 8.59. The van der Waals surface area contributed by atoms with Crippen molar-refractivity contribution in [2.45, 2.75) is 12.5 Å². The Morgan fingerprint density at radius 1 is 1.26 bits per heavy atom. The van der Waals surface area contributed by atoms with E-state index in [4.69, 9.17) is 10.8 Å². The molecule has 1 aromatic rings. The summed E-state index contributed by atoms with van der Waals surface area (Å²) >= 11 is 0. The highest BCUT2D eigenvalue weighted by atomic mass is 19.4. The third-order valence-electron chi connectivity index (χ3n) is 1.76. The predicted octanol–water partition coefficient (Wildman–Crippen LogP) is 2.28. The maximum atomic E-state index is 12.4. The van der Waals surface area contributed by atoms with E-state index in [9.17, 15) is 31.1 Å². The van der Waals surface area contributed by atoms with Crippen LogP contribution in [0.3, 0.4) is 0 Å². The highest BCUT2D eigenvalue weighted by Crippen LogP contribution is 2.39. The molecule has 106 valence electrons. The molecule has 11 heteroatoms. The van der Waals surface area contributed by atoms with E-state index in [-0.39, 0.29) is 6.20 Å². The van der Waals surface area contributed by atoms with Crippen LogP contribution in [0.25, 0.3) is 0 Å². The second-order valence-corrected chi connectivity index (χ2v) is 3.12. The molecule has 0 aliphatic heterocycles. The smallest absolute Gasteiger partial charge is 0.477 e. The van der Waals surface area contributed by atoms with E-state index in [2.05, 4.69) is 9.72 Å². The van der Waals surface area contributed by atoms with Gasteiger partial charge < -0.3 is 15.6 Å². The van der Waals surface area contributed by atoms with Gasteiger partial charge in [0.15, 0.2) is 11.4 Å². The number of carbonyl (C=O) groups is 1. The fourth-order valence-electron chi connectivity index (χ4n) is 1.15. The highest BCUT2D eigenvalue weighted by molar-refractivity contribution is 5.94. The second kappa shape index (κ2) is 4.48. The Morgan fingerprint density at radius 3 is 2.16 bits per heavy atom. The number of hydrogen-bond donors (Lipinski definition) is 2. The number of carboxylic acid groups (broad SMARTS) is 1. The van der Waals surface area contributed by atoms with Gasteiger partial charge in [-0.1, -0.05) is 0 Å². The molecule has 0 amide bonds. The van der Waals surface area contributed by atoms with E-state index in [1.165, 1.54) is 0 Å². The van der Waals surface area contributed by atoms with Gasteiger partial charge in [-0.25, -0.2) is 9.78 Å². The van der Waals surface area contributed by atoms with E-state index in [0.717, 1.165) is 0 Å². The first-order valence-corrected chi connectivity index (χ1v) is 4.28. The largest absolute Gasteiger partial charge is 0.573 e. The Labute approximate surface area is 100 Å². The van der Waals surface area contributed by atoms with Crippen molar-refractivity contribution >= 4 is 11.7 Å². The van der Waals surface area contributed by atoms with Gasteiger partial charge in [0, 0.05) is 0 Å². The number of nitrogens with two attached hydrogens (primary N) is 1. The van der Waals surface area contributed by atoms with Gasteiger partial charge in [-0.05, 0) is 0 Å². The fourth-order valence-corrected chi connectivity index (χ4v) is 1.15. The van der Waals surface area contributed by atoms with Crippen molar-refractivity contribution in [3.8, 4) is 5.75 Å². The number of hydrogen-bond acceptors (Lipinski definition) is 4. The molecule has 0 aliphatic carbocycles. The molecule has 1 heterocycles. The number of aromatic carboxylic acids is 1. The van der Waals surface area contributed by atoms with Crippen molar-refractivity contribution in [3.63, 3.8) is 0 Å². The molecule has 0 aromatic carbocycles. The molecule has 0 radical (unpaired) electrons. The van der Waals surface area contributed by atoms with E-state index in [0.29, 0.717) is 0 Å². The van der Waals surface area contributed by atoms with E-state index in [1.807, 2.05) is 0 Å². The SMILES string of the molecule is Nc1cnc(C(F)(F)F)c(C(=O)O)c1OC(F)(F)F. The summed E-state index contributed by atoms with van der Waals surface area (Å²) in [4.78, 5) is 13.4. The maximum absolute atomic E-state index is 12.4. The Morgan fingerprint density at radius 2 is 1.79 bits per heavy atom. The van der Waals surface area contributed by atoms with Crippen LogP contribution >= 0.6 is 0 Å². The van der Waals surface area contributed by atoms with E-state index < -0.39 is 41.2 Å². The van der Waals surface area contributed by atoms with Gasteiger partial charge in [-0.2, -0.15) is 13.2 Å². The molecular formula is C8H4F6N2O3. The molecule has 0 saturated heterocycles. The van der Waals surface area contributed by atoms with Crippen molar-refractivity contribution in [1.29, 1.82) is 0 Å². The van der Waals surface area contributed by atoms with Crippen LogP contribution in [0, 0.1) is 0 Å². The maximum Gasteiger partial charge on any atom is 0.573 e. The van der Waals surface area contributed by atoms with Crippen LogP contribution in [0.15, 0.2) is 6.20 Å². The Bertz CT molecular complexity index is 510. The molecule has 1 rings (SSSR count). The monoisotopic (exact) mass is 290 g/mol. The Kier molecular flexibility index (Phi) is 3.50. The zero-order valence-electron chi connectivity index (χ0n) is 8.63. The van der Waals surface area contributed by atoms with Crippen LogP contribution in [0.5, 0.6) is 5.75 Å². The minimum absolute atomic E-state index is 0.232. The quantitative estimate of drug-likeness (QED) is 0.816. The van der Waals surface area contributed by atoms with Gasteiger partial charge in [0.2, 0.25) is 0 Å². The van der Waals surface area contributed by atoms with Crippen LogP contribution < -0.4 is 10.5 Å². The topological polar surface area (TPSA) is 85.4 Å². The molecule has 0 bridgehead atoms. The minimum Gasteiger partial charge on any atom is -0.477 e. The number of rotatable bonds is 2. The molecule has 19 heavy (non-hydrogen) atoms. The molecule has 0 saturated carbocycles. The number of ether oxygens (including phenoxy) is 1. The first-order valence-electron chi connectivity index (χ1n) is 4.28. The third-order valence-corrected chi connectivity index (χ3v) is 1.76. The van der Waals surface area contributed by atoms with Crippen molar-refractivity contribution < 1.29 is 41.0 Å². The lowest BCUT2D eigenvalue weighted by molar-refractivity contribution is -0.274. The van der Waals surface area contributed by atoms with Crippen LogP contribution in [-0.4, -0.2) is 22.4 Å². The number of anilines is 1. The fraction of sp³-hybridized carbons (Fsp3) is 0.250. The molecule has 5 nitrogen and oxygen atoms in total. The number of carboxylic acids is 1. The first-order chi connectivity index (χ1) is 8.43. The predicted molar refractivity (Wildman–Crippen MR) is 47.3 cm³/mol. The number of nitrogen functional groups attached to an aromatic ring is 1. The summed E-state index contributed by atoms with van der Waals surface area (Å²) in [7, 11) is 0. The normalized spacial score (nSPS) is 12.3. The molecule has 0 aliphatic rings. The number of alkyl halides is 6. The van der Waals surface area contributed by atoms with Crippen molar-refractivity contribution in [2.75, 3.05) is 5.73 Å². The molecule has 0 unspecified atom stereocenters. The lowest BCUT2D eigenvalue weighted by atomic mass is 10.1. The summed E-state index contributed by atoms with van der Waals surface area (Å²) in [5.41, 5.74) is 0.142. The zero-order valence-corrected chi connectivity index (χ0v) is 8.63. The van der Waals surface area contributed by atoms with E-state index >= 15 is 0 Å². The van der Waals surface area contributed by atoms with Gasteiger partial charge in [-0.15, -0.1) is 13.2 Å². The first kappa shape index (κ1) is 14.9. The molecule has 0 fully saturated rings. The van der Waals surface area contributed by atoms with E-state index in [1.54, 1.807) is 0 Å². The number of nitrogens with zero attached hydrogens (tertiary/aromatic N) is 1. The molecule has 0 atom stereocenters. The van der Waals surface area contributed by atoms with Gasteiger partial charge in [-0.3, -0.25) is 0 Å². The van der Waals surface area contributed by atoms with Crippen LogP contribution in [0.4, 0.5) is 32.0 Å². The lowest BCUT2D eigenvalue weighted by Gasteiger charge is -2.16. The lowest BCUT2D eigenvalue weighted by Crippen LogP contribution is -2.23. The standard InChI is InChI=1S/C8H4F6N2O3/c9-7(10,11)5-3(6(17)18)4(2(15)1-16-5)19-8(12,13)14/h1H,15H2,(H,17,18).